The molecule has 160 valence electrons. The summed E-state index contributed by atoms with van der Waals surface area (Å²) in [6.45, 7) is 2.14. The lowest BCUT2D eigenvalue weighted by molar-refractivity contribution is -0.123. The summed E-state index contributed by atoms with van der Waals surface area (Å²) in [5, 5.41) is 18.8. The largest absolute Gasteiger partial charge is 0.507 e. The van der Waals surface area contributed by atoms with Crippen LogP contribution in [0.25, 0.3) is 6.08 Å². The summed E-state index contributed by atoms with van der Waals surface area (Å²) in [4.78, 5) is 26.8. The molecule has 3 aromatic rings. The second-order valence-electron chi connectivity index (χ2n) is 7.12. The number of imide groups is 1. The van der Waals surface area contributed by atoms with Crippen LogP contribution in [0.15, 0.2) is 81.9 Å². The number of hydrogen-bond donors (Lipinski definition) is 1. The van der Waals surface area contributed by atoms with Gasteiger partial charge in [0, 0.05) is 10.6 Å². The number of phenolic OH excluding ortho intramolecular Hbond substituents is 1. The smallest absolute Gasteiger partial charge is 0.293 e. The van der Waals surface area contributed by atoms with Crippen molar-refractivity contribution in [1.82, 2.24) is 4.90 Å². The first-order chi connectivity index (χ1) is 15.4. The van der Waals surface area contributed by atoms with Gasteiger partial charge in [-0.2, -0.15) is 10.2 Å². The number of carbonyl (C=O) groups excluding carboxylic acids is 2. The second kappa shape index (κ2) is 9.38. The normalized spacial score (nSPS) is 15.3. The van der Waals surface area contributed by atoms with E-state index in [2.05, 4.69) is 10.2 Å². The summed E-state index contributed by atoms with van der Waals surface area (Å²) in [6, 6.07) is 19.2. The standard InChI is InChI=1S/C24H18ClN3O3S/c1-15-5-2-3-6-16(15)14-28-23(30)22(32-24(28)31)12-17-11-20(9-10-21(17)29)27-26-19-8-4-7-18(25)13-19/h2-13,29H,14H2,1H3/b22-12-,27-26?. The van der Waals surface area contributed by atoms with Gasteiger partial charge in [0.1, 0.15) is 5.75 Å². The van der Waals surface area contributed by atoms with Gasteiger partial charge in [0.15, 0.2) is 0 Å². The van der Waals surface area contributed by atoms with E-state index >= 15 is 0 Å². The lowest BCUT2D eigenvalue weighted by Crippen LogP contribution is -2.27. The number of nitrogens with zero attached hydrogens (tertiary/aromatic N) is 3. The molecular formula is C24H18ClN3O3S. The van der Waals surface area contributed by atoms with Crippen LogP contribution in [0.4, 0.5) is 16.2 Å². The van der Waals surface area contributed by atoms with Crippen LogP contribution in [0.3, 0.4) is 0 Å². The number of phenols is 1. The minimum absolute atomic E-state index is 0.0302. The molecule has 1 N–H and O–H groups in total. The van der Waals surface area contributed by atoms with Gasteiger partial charge in [-0.1, -0.05) is 41.9 Å². The number of aryl methyl sites for hydroxylation is 1. The Balaban J connectivity index is 1.57. The minimum Gasteiger partial charge on any atom is -0.507 e. The fraction of sp³-hybridized carbons (Fsp3) is 0.0833. The van der Waals surface area contributed by atoms with Crippen molar-refractivity contribution in [3.8, 4) is 5.75 Å². The van der Waals surface area contributed by atoms with Crippen molar-refractivity contribution >= 4 is 52.0 Å². The van der Waals surface area contributed by atoms with Crippen molar-refractivity contribution in [2.24, 2.45) is 10.2 Å². The van der Waals surface area contributed by atoms with Crippen molar-refractivity contribution in [3.05, 3.63) is 93.3 Å². The first kappa shape index (κ1) is 21.8. The predicted octanol–water partition coefficient (Wildman–Crippen LogP) is 7.01. The first-order valence-electron chi connectivity index (χ1n) is 9.71. The quantitative estimate of drug-likeness (QED) is 0.326. The third kappa shape index (κ3) is 4.90. The SMILES string of the molecule is Cc1ccccc1CN1C(=O)S/C(=C\c2cc(N=Nc3cccc(Cl)c3)ccc2O)C1=O. The van der Waals surface area contributed by atoms with Gasteiger partial charge in [-0.25, -0.2) is 0 Å². The van der Waals surface area contributed by atoms with Crippen LogP contribution in [-0.4, -0.2) is 21.2 Å². The molecule has 2 amide bonds. The number of amides is 2. The molecular weight excluding hydrogens is 446 g/mol. The highest BCUT2D eigenvalue weighted by atomic mass is 35.5. The molecule has 0 aliphatic carbocycles. The van der Waals surface area contributed by atoms with Gasteiger partial charge < -0.3 is 5.11 Å². The van der Waals surface area contributed by atoms with Crippen LogP contribution in [0.1, 0.15) is 16.7 Å². The molecule has 1 heterocycles. The van der Waals surface area contributed by atoms with Crippen LogP contribution in [-0.2, 0) is 11.3 Å². The van der Waals surface area contributed by atoms with E-state index in [-0.39, 0.29) is 22.4 Å². The zero-order chi connectivity index (χ0) is 22.7. The Morgan fingerprint density at radius 1 is 1.00 bits per heavy atom. The average Bonchev–Trinajstić information content (AvgIpc) is 3.03. The zero-order valence-corrected chi connectivity index (χ0v) is 18.6. The number of rotatable bonds is 5. The molecule has 1 fully saturated rings. The Kier molecular flexibility index (Phi) is 6.39. The Labute approximate surface area is 194 Å². The summed E-state index contributed by atoms with van der Waals surface area (Å²) in [5.74, 6) is -0.425. The maximum atomic E-state index is 12.9. The molecule has 0 atom stereocenters. The zero-order valence-electron chi connectivity index (χ0n) is 17.0. The van der Waals surface area contributed by atoms with Crippen molar-refractivity contribution in [1.29, 1.82) is 0 Å². The van der Waals surface area contributed by atoms with E-state index in [1.807, 2.05) is 31.2 Å². The third-order valence-electron chi connectivity index (χ3n) is 4.85. The number of aromatic hydroxyl groups is 1. The van der Waals surface area contributed by atoms with Gasteiger partial charge in [-0.15, -0.1) is 0 Å². The van der Waals surface area contributed by atoms with Crippen molar-refractivity contribution in [2.75, 3.05) is 0 Å². The average molecular weight is 464 g/mol. The first-order valence-corrected chi connectivity index (χ1v) is 10.9. The topological polar surface area (TPSA) is 82.3 Å². The van der Waals surface area contributed by atoms with Gasteiger partial charge in [-0.05, 0) is 72.3 Å². The Morgan fingerprint density at radius 2 is 1.75 bits per heavy atom. The Bertz CT molecular complexity index is 1270. The number of carbonyl (C=O) groups is 2. The van der Waals surface area contributed by atoms with Gasteiger partial charge in [0.25, 0.3) is 11.1 Å². The summed E-state index contributed by atoms with van der Waals surface area (Å²) in [5.41, 5.74) is 3.35. The van der Waals surface area contributed by atoms with Gasteiger partial charge in [0.05, 0.1) is 22.8 Å². The van der Waals surface area contributed by atoms with Crippen LogP contribution in [0, 0.1) is 6.92 Å². The second-order valence-corrected chi connectivity index (χ2v) is 8.55. The highest BCUT2D eigenvalue weighted by Gasteiger charge is 2.35. The van der Waals surface area contributed by atoms with E-state index in [0.717, 1.165) is 22.9 Å². The summed E-state index contributed by atoms with van der Waals surface area (Å²) < 4.78 is 0. The molecule has 4 rings (SSSR count). The number of benzene rings is 3. The lowest BCUT2D eigenvalue weighted by Gasteiger charge is -2.14. The Morgan fingerprint density at radius 3 is 2.50 bits per heavy atom. The molecule has 3 aromatic carbocycles. The molecule has 1 aliphatic heterocycles. The van der Waals surface area contributed by atoms with E-state index in [1.54, 1.807) is 36.4 Å². The molecule has 0 spiro atoms. The fourth-order valence-corrected chi connectivity index (χ4v) is 4.12. The van der Waals surface area contributed by atoms with E-state index in [9.17, 15) is 14.7 Å². The van der Waals surface area contributed by atoms with Crippen LogP contribution < -0.4 is 0 Å². The number of hydrogen-bond acceptors (Lipinski definition) is 6. The van der Waals surface area contributed by atoms with Crippen LogP contribution in [0.5, 0.6) is 5.75 Å². The van der Waals surface area contributed by atoms with Crippen LogP contribution in [0.2, 0.25) is 5.02 Å². The molecule has 8 heteroatoms. The molecule has 1 saturated heterocycles. The molecule has 0 saturated carbocycles. The van der Waals surface area contributed by atoms with Crippen molar-refractivity contribution < 1.29 is 14.7 Å². The van der Waals surface area contributed by atoms with Crippen molar-refractivity contribution in [3.63, 3.8) is 0 Å². The molecule has 32 heavy (non-hydrogen) atoms. The molecule has 0 aromatic heterocycles. The fourth-order valence-electron chi connectivity index (χ4n) is 3.11. The number of thioether (sulfide) groups is 1. The van der Waals surface area contributed by atoms with E-state index in [0.29, 0.717) is 22.0 Å². The summed E-state index contributed by atoms with van der Waals surface area (Å²) >= 11 is 6.80. The van der Waals surface area contributed by atoms with Gasteiger partial charge in [-0.3, -0.25) is 14.5 Å². The summed E-state index contributed by atoms with van der Waals surface area (Å²) in [6.07, 6.45) is 1.50. The maximum Gasteiger partial charge on any atom is 0.293 e. The van der Waals surface area contributed by atoms with E-state index in [4.69, 9.17) is 11.6 Å². The highest BCUT2D eigenvalue weighted by Crippen LogP contribution is 2.36. The van der Waals surface area contributed by atoms with Gasteiger partial charge >= 0.3 is 0 Å². The van der Waals surface area contributed by atoms with Gasteiger partial charge in [0.2, 0.25) is 0 Å². The van der Waals surface area contributed by atoms with Crippen molar-refractivity contribution in [2.45, 2.75) is 13.5 Å². The molecule has 0 bridgehead atoms. The number of azo groups is 1. The van der Waals surface area contributed by atoms with Crippen LogP contribution >= 0.6 is 23.4 Å². The van der Waals surface area contributed by atoms with E-state index in [1.165, 1.54) is 17.0 Å². The minimum atomic E-state index is -0.395. The monoisotopic (exact) mass is 463 g/mol. The molecule has 0 radical (unpaired) electrons. The Hall–Kier alpha value is -3.42. The van der Waals surface area contributed by atoms with E-state index < -0.39 is 5.91 Å². The molecule has 6 nitrogen and oxygen atoms in total. The summed E-state index contributed by atoms with van der Waals surface area (Å²) in [7, 11) is 0. The molecule has 0 unspecified atom stereocenters. The predicted molar refractivity (Wildman–Crippen MR) is 126 cm³/mol. The molecule has 1 aliphatic rings. The third-order valence-corrected chi connectivity index (χ3v) is 5.99. The number of halogens is 1. The lowest BCUT2D eigenvalue weighted by atomic mass is 10.1. The highest BCUT2D eigenvalue weighted by molar-refractivity contribution is 8.18. The maximum absolute atomic E-state index is 12.9.